The number of nitrogens with zero attached hydrogens (tertiary/aromatic N) is 2. The van der Waals surface area contributed by atoms with Crippen molar-refractivity contribution in [3.05, 3.63) is 64.5 Å². The highest BCUT2D eigenvalue weighted by Gasteiger charge is 2.10. The first-order chi connectivity index (χ1) is 15.0. The van der Waals surface area contributed by atoms with Crippen molar-refractivity contribution in [2.24, 2.45) is 0 Å². The largest absolute Gasteiger partial charge is 0.496 e. The van der Waals surface area contributed by atoms with Gasteiger partial charge in [0.15, 0.2) is 0 Å². The molecule has 0 radical (unpaired) electrons. The van der Waals surface area contributed by atoms with Crippen LogP contribution in [-0.2, 0) is 6.54 Å². The van der Waals surface area contributed by atoms with Crippen molar-refractivity contribution >= 4 is 39.1 Å². The van der Waals surface area contributed by atoms with Crippen molar-refractivity contribution in [1.82, 2.24) is 15.3 Å². The molecule has 2 aromatic carbocycles. The summed E-state index contributed by atoms with van der Waals surface area (Å²) in [6.45, 7) is 0.390. The zero-order valence-corrected chi connectivity index (χ0v) is 18.4. The van der Waals surface area contributed by atoms with Gasteiger partial charge in [-0.15, -0.1) is 0 Å². The van der Waals surface area contributed by atoms with E-state index in [1.807, 2.05) is 18.2 Å². The Morgan fingerprint density at radius 2 is 1.87 bits per heavy atom. The molecule has 3 aromatic rings. The van der Waals surface area contributed by atoms with Crippen LogP contribution in [0.4, 0.5) is 27.5 Å². The van der Waals surface area contributed by atoms with E-state index in [9.17, 15) is 9.50 Å². The van der Waals surface area contributed by atoms with Crippen LogP contribution >= 0.6 is 15.9 Å². The Morgan fingerprint density at radius 1 is 1.13 bits per heavy atom. The van der Waals surface area contributed by atoms with E-state index in [2.05, 4.69) is 41.8 Å². The zero-order chi connectivity index (χ0) is 22.2. The summed E-state index contributed by atoms with van der Waals surface area (Å²) in [6.07, 6.45) is 0.791. The first kappa shape index (κ1) is 22.9. The summed E-state index contributed by atoms with van der Waals surface area (Å²) in [4.78, 5) is 8.75. The number of hydrogen-bond donors (Lipinski definition) is 5. The Labute approximate surface area is 187 Å². The number of benzene rings is 2. The summed E-state index contributed by atoms with van der Waals surface area (Å²) < 4.78 is 19.2. The van der Waals surface area contributed by atoms with Crippen LogP contribution in [0.25, 0.3) is 0 Å². The molecule has 1 heterocycles. The van der Waals surface area contributed by atoms with Crippen LogP contribution in [0.2, 0.25) is 0 Å². The maximum Gasteiger partial charge on any atom is 0.229 e. The zero-order valence-electron chi connectivity index (χ0n) is 16.8. The van der Waals surface area contributed by atoms with Crippen LogP contribution in [-0.4, -0.2) is 46.5 Å². The number of ether oxygens (including phenoxy) is 1. The van der Waals surface area contributed by atoms with Crippen molar-refractivity contribution in [3.63, 3.8) is 0 Å². The minimum Gasteiger partial charge on any atom is -0.496 e. The minimum absolute atomic E-state index is 0.256. The molecule has 0 aliphatic carbocycles. The third-order valence-electron chi connectivity index (χ3n) is 4.29. The molecule has 0 saturated heterocycles. The van der Waals surface area contributed by atoms with Gasteiger partial charge in [0.2, 0.25) is 5.95 Å². The van der Waals surface area contributed by atoms with Gasteiger partial charge in [-0.3, -0.25) is 0 Å². The highest BCUT2D eigenvalue weighted by atomic mass is 79.9. The van der Waals surface area contributed by atoms with Gasteiger partial charge in [0.05, 0.1) is 24.3 Å². The molecule has 5 N–H and O–H groups in total. The van der Waals surface area contributed by atoms with Crippen molar-refractivity contribution < 1.29 is 19.3 Å². The summed E-state index contributed by atoms with van der Waals surface area (Å²) in [6, 6.07) is 11.5. The molecule has 164 valence electrons. The average Bonchev–Trinajstić information content (AvgIpc) is 2.77. The second-order valence-electron chi connectivity index (χ2n) is 6.64. The molecule has 0 saturated carbocycles. The van der Waals surface area contributed by atoms with Gasteiger partial charge in [0.25, 0.3) is 0 Å². The SMILES string of the molecule is COc1ccc(Nc2ncc(Br)c(Nc3ccc(F)cc3)n2)cc1CNCC(O)CO. The van der Waals surface area contributed by atoms with E-state index in [0.29, 0.717) is 34.2 Å². The molecule has 31 heavy (non-hydrogen) atoms. The van der Waals surface area contributed by atoms with Gasteiger partial charge in [0.1, 0.15) is 17.4 Å². The van der Waals surface area contributed by atoms with E-state index >= 15 is 0 Å². The number of aliphatic hydroxyl groups is 2. The Hall–Kier alpha value is -2.79. The molecular formula is C21H23BrFN5O3. The lowest BCUT2D eigenvalue weighted by Crippen LogP contribution is -2.29. The lowest BCUT2D eigenvalue weighted by atomic mass is 10.1. The lowest BCUT2D eigenvalue weighted by molar-refractivity contribution is 0.0942. The average molecular weight is 492 g/mol. The molecule has 0 aliphatic heterocycles. The predicted octanol–water partition coefficient (Wildman–Crippen LogP) is 3.32. The first-order valence-corrected chi connectivity index (χ1v) is 10.3. The third kappa shape index (κ3) is 6.59. The van der Waals surface area contributed by atoms with Gasteiger partial charge in [-0.05, 0) is 58.4 Å². The summed E-state index contributed by atoms with van der Waals surface area (Å²) in [5.74, 6) is 1.27. The Balaban J connectivity index is 1.74. The molecule has 0 aliphatic rings. The van der Waals surface area contributed by atoms with E-state index in [4.69, 9.17) is 9.84 Å². The number of rotatable bonds is 10. The fourth-order valence-corrected chi connectivity index (χ4v) is 3.04. The highest BCUT2D eigenvalue weighted by molar-refractivity contribution is 9.10. The fourth-order valence-electron chi connectivity index (χ4n) is 2.75. The molecule has 0 bridgehead atoms. The second-order valence-corrected chi connectivity index (χ2v) is 7.50. The first-order valence-electron chi connectivity index (χ1n) is 9.47. The minimum atomic E-state index is -0.824. The van der Waals surface area contributed by atoms with Gasteiger partial charge in [0, 0.05) is 36.2 Å². The van der Waals surface area contributed by atoms with Gasteiger partial charge in [-0.1, -0.05) is 0 Å². The van der Waals surface area contributed by atoms with Gasteiger partial charge in [-0.2, -0.15) is 4.98 Å². The summed E-state index contributed by atoms with van der Waals surface area (Å²) >= 11 is 3.41. The molecule has 8 nitrogen and oxygen atoms in total. The molecule has 0 amide bonds. The predicted molar refractivity (Wildman–Crippen MR) is 120 cm³/mol. The van der Waals surface area contributed by atoms with Crippen LogP contribution in [0.5, 0.6) is 5.75 Å². The topological polar surface area (TPSA) is 112 Å². The van der Waals surface area contributed by atoms with Crippen molar-refractivity contribution in [2.75, 3.05) is 30.9 Å². The van der Waals surface area contributed by atoms with Crippen LogP contribution in [0, 0.1) is 5.82 Å². The molecule has 0 fully saturated rings. The molecule has 1 unspecified atom stereocenters. The Kier molecular flexibility index (Phi) is 8.13. The smallest absolute Gasteiger partial charge is 0.229 e. The van der Waals surface area contributed by atoms with Crippen molar-refractivity contribution in [1.29, 1.82) is 0 Å². The van der Waals surface area contributed by atoms with Crippen LogP contribution in [0.1, 0.15) is 5.56 Å². The van der Waals surface area contributed by atoms with Crippen molar-refractivity contribution in [3.8, 4) is 5.75 Å². The quantitative estimate of drug-likeness (QED) is 0.293. The van der Waals surface area contributed by atoms with E-state index < -0.39 is 6.10 Å². The third-order valence-corrected chi connectivity index (χ3v) is 4.87. The number of aliphatic hydroxyl groups excluding tert-OH is 2. The van der Waals surface area contributed by atoms with Gasteiger partial charge in [-0.25, -0.2) is 9.37 Å². The van der Waals surface area contributed by atoms with E-state index in [-0.39, 0.29) is 19.0 Å². The molecular weight excluding hydrogens is 469 g/mol. The number of anilines is 4. The highest BCUT2D eigenvalue weighted by Crippen LogP contribution is 2.27. The number of halogens is 2. The lowest BCUT2D eigenvalue weighted by Gasteiger charge is -2.14. The Morgan fingerprint density at radius 3 is 2.58 bits per heavy atom. The van der Waals surface area contributed by atoms with Crippen LogP contribution < -0.4 is 20.7 Å². The molecule has 1 aromatic heterocycles. The molecule has 3 rings (SSSR count). The summed E-state index contributed by atoms with van der Waals surface area (Å²) in [5.41, 5.74) is 2.30. The normalized spacial score (nSPS) is 11.8. The molecule has 0 spiro atoms. The monoisotopic (exact) mass is 491 g/mol. The van der Waals surface area contributed by atoms with E-state index in [1.165, 1.54) is 12.1 Å². The number of hydrogen-bond acceptors (Lipinski definition) is 8. The van der Waals surface area contributed by atoms with Crippen LogP contribution in [0.3, 0.4) is 0 Å². The van der Waals surface area contributed by atoms with Crippen molar-refractivity contribution in [2.45, 2.75) is 12.6 Å². The summed E-state index contributed by atoms with van der Waals surface area (Å²) in [7, 11) is 1.58. The molecule has 10 heteroatoms. The number of methoxy groups -OCH3 is 1. The second kappa shape index (κ2) is 11.0. The maximum atomic E-state index is 13.1. The fraction of sp³-hybridized carbons (Fsp3) is 0.238. The van der Waals surface area contributed by atoms with E-state index in [0.717, 1.165) is 11.3 Å². The maximum absolute atomic E-state index is 13.1. The number of aromatic nitrogens is 2. The van der Waals surface area contributed by atoms with E-state index in [1.54, 1.807) is 25.4 Å². The molecule has 1 atom stereocenters. The standard InChI is InChI=1S/C21H23BrFN5O3/c1-31-19-7-6-16(8-13(19)9-24-10-17(30)12-29)27-21-25-11-18(22)20(28-21)26-15-4-2-14(23)3-5-15/h2-8,11,17,24,29-30H,9-10,12H2,1H3,(H2,25,26,27,28). The summed E-state index contributed by atoms with van der Waals surface area (Å²) in [5, 5.41) is 27.8. The van der Waals surface area contributed by atoms with Crippen LogP contribution in [0.15, 0.2) is 53.1 Å². The number of nitrogens with one attached hydrogen (secondary N) is 3. The Bertz CT molecular complexity index is 1010. The van der Waals surface area contributed by atoms with Gasteiger partial charge >= 0.3 is 0 Å². The van der Waals surface area contributed by atoms with Gasteiger partial charge < -0.3 is 30.9 Å².